The number of hydrogen-bond donors (Lipinski definition) is 0. The highest BCUT2D eigenvalue weighted by Gasteiger charge is 2.34. The van der Waals surface area contributed by atoms with E-state index in [9.17, 15) is 19.7 Å². The first kappa shape index (κ1) is 31.1. The number of thiazole rings is 1. The van der Waals surface area contributed by atoms with E-state index < -0.39 is 23.0 Å². The predicted molar refractivity (Wildman–Crippen MR) is 181 cm³/mol. The lowest BCUT2D eigenvalue weighted by Gasteiger charge is -2.25. The Morgan fingerprint density at radius 3 is 2.47 bits per heavy atom. The van der Waals surface area contributed by atoms with Crippen LogP contribution in [0.3, 0.4) is 0 Å². The number of hydrogen-bond acceptors (Lipinski definition) is 8. The van der Waals surface area contributed by atoms with Gasteiger partial charge in [0.05, 0.1) is 40.0 Å². The van der Waals surface area contributed by atoms with Crippen molar-refractivity contribution >= 4 is 74.3 Å². The summed E-state index contributed by atoms with van der Waals surface area (Å²) in [6.45, 7) is 5.57. The summed E-state index contributed by atoms with van der Waals surface area (Å²) in [7, 11) is 0. The second kappa shape index (κ2) is 13.1. The van der Waals surface area contributed by atoms with Crippen LogP contribution in [-0.4, -0.2) is 21.6 Å². The van der Waals surface area contributed by atoms with Gasteiger partial charge in [-0.25, -0.2) is 9.79 Å². The second-order valence-corrected chi connectivity index (χ2v) is 13.3. The third-order valence-corrected chi connectivity index (χ3v) is 9.11. The Morgan fingerprint density at radius 2 is 1.81 bits per heavy atom. The molecule has 1 atom stereocenters. The van der Waals surface area contributed by atoms with Crippen LogP contribution in [0, 0.1) is 17.3 Å². The lowest BCUT2D eigenvalue weighted by Crippen LogP contribution is -2.40. The van der Waals surface area contributed by atoms with Gasteiger partial charge in [0.1, 0.15) is 12.4 Å². The summed E-state index contributed by atoms with van der Waals surface area (Å²) in [6.07, 6.45) is 1.37. The van der Waals surface area contributed by atoms with E-state index in [0.29, 0.717) is 27.2 Å². The molecule has 43 heavy (non-hydrogen) atoms. The average molecular weight is 821 g/mol. The highest BCUT2D eigenvalue weighted by molar-refractivity contribution is 14.1. The van der Waals surface area contributed by atoms with E-state index in [1.54, 1.807) is 32.9 Å². The average Bonchev–Trinajstić information content (AvgIpc) is 3.25. The smallest absolute Gasteiger partial charge is 0.338 e. The molecule has 4 aromatic rings. The molecule has 2 heterocycles. The van der Waals surface area contributed by atoms with Gasteiger partial charge in [-0.05, 0) is 101 Å². The fourth-order valence-electron chi connectivity index (χ4n) is 4.67. The van der Waals surface area contributed by atoms with Crippen LogP contribution in [0.25, 0.3) is 6.08 Å². The first-order chi connectivity index (χ1) is 20.5. The Bertz CT molecular complexity index is 1930. The number of aromatic nitrogens is 1. The standard InChI is InChI=1S/C31H25I2N3O6S/c1-17(2)42-30(38)26-18(3)34-31-35(27(26)21-10-7-11-22(15-21)36(39)40)29(37)25(43-31)14-20-12-23(32)28(24(33)13-20)41-16-19-8-5-4-6-9-19/h4-15,17,27H,16H2,1-3H3/b25-14+/t27-/m1/s1. The van der Waals surface area contributed by atoms with Gasteiger partial charge in [0.2, 0.25) is 0 Å². The van der Waals surface area contributed by atoms with Gasteiger partial charge in [0.15, 0.2) is 4.80 Å². The SMILES string of the molecule is CC1=C(C(=O)OC(C)C)[C@@H](c2cccc([N+](=O)[O-])c2)n2c(s/c(=C/c3cc(I)c(OCc4ccccc4)c(I)c3)c2=O)=N1. The van der Waals surface area contributed by atoms with Crippen molar-refractivity contribution in [3.8, 4) is 5.75 Å². The fraction of sp³-hybridized carbons (Fsp3) is 0.194. The van der Waals surface area contributed by atoms with Crippen molar-refractivity contribution in [3.63, 3.8) is 0 Å². The van der Waals surface area contributed by atoms with Crippen LogP contribution in [-0.2, 0) is 16.1 Å². The Labute approximate surface area is 278 Å². The predicted octanol–water partition coefficient (Wildman–Crippen LogP) is 5.88. The van der Waals surface area contributed by atoms with E-state index in [2.05, 4.69) is 50.2 Å². The normalized spacial score (nSPS) is 14.8. The number of allylic oxidation sites excluding steroid dienone is 1. The van der Waals surface area contributed by atoms with Gasteiger partial charge in [-0.1, -0.05) is 53.8 Å². The zero-order chi connectivity index (χ0) is 30.8. The van der Waals surface area contributed by atoms with Gasteiger partial charge in [0, 0.05) is 12.1 Å². The van der Waals surface area contributed by atoms with E-state index in [1.807, 2.05) is 42.5 Å². The zero-order valence-corrected chi connectivity index (χ0v) is 28.4. The van der Waals surface area contributed by atoms with Gasteiger partial charge >= 0.3 is 5.97 Å². The Morgan fingerprint density at radius 1 is 1.12 bits per heavy atom. The summed E-state index contributed by atoms with van der Waals surface area (Å²) in [6, 6.07) is 18.8. The number of carbonyl (C=O) groups is 1. The fourth-order valence-corrected chi connectivity index (χ4v) is 7.84. The Balaban J connectivity index is 1.59. The number of rotatable bonds is 8. The third-order valence-electron chi connectivity index (χ3n) is 6.53. The first-order valence-electron chi connectivity index (χ1n) is 13.2. The van der Waals surface area contributed by atoms with Crippen LogP contribution < -0.4 is 19.6 Å². The largest absolute Gasteiger partial charge is 0.487 e. The van der Waals surface area contributed by atoms with Crippen LogP contribution in [0.15, 0.2) is 87.8 Å². The molecular formula is C31H25I2N3O6S. The van der Waals surface area contributed by atoms with Gasteiger partial charge in [0.25, 0.3) is 11.2 Å². The summed E-state index contributed by atoms with van der Waals surface area (Å²) in [4.78, 5) is 43.3. The van der Waals surface area contributed by atoms with Crippen LogP contribution in [0.2, 0.25) is 0 Å². The molecule has 3 aromatic carbocycles. The number of halogens is 2. The molecule has 220 valence electrons. The van der Waals surface area contributed by atoms with Crippen molar-refractivity contribution in [1.82, 2.24) is 4.57 Å². The molecule has 0 bridgehead atoms. The number of carbonyl (C=O) groups excluding carboxylic acids is 1. The van der Waals surface area contributed by atoms with Crippen molar-refractivity contribution in [2.24, 2.45) is 4.99 Å². The molecule has 0 unspecified atom stereocenters. The van der Waals surface area contributed by atoms with Crippen LogP contribution in [0.4, 0.5) is 5.69 Å². The van der Waals surface area contributed by atoms with Gasteiger partial charge < -0.3 is 9.47 Å². The molecule has 9 nitrogen and oxygen atoms in total. The molecule has 0 radical (unpaired) electrons. The molecule has 1 aliphatic heterocycles. The van der Waals surface area contributed by atoms with Crippen molar-refractivity contribution in [2.45, 2.75) is 39.5 Å². The molecule has 0 fully saturated rings. The van der Waals surface area contributed by atoms with Crippen molar-refractivity contribution in [2.75, 3.05) is 0 Å². The quantitative estimate of drug-likeness (QED) is 0.0951. The molecule has 1 aliphatic rings. The van der Waals surface area contributed by atoms with Crippen LogP contribution >= 0.6 is 56.5 Å². The maximum atomic E-state index is 14.0. The van der Waals surface area contributed by atoms with E-state index >= 15 is 0 Å². The van der Waals surface area contributed by atoms with E-state index in [4.69, 9.17) is 9.47 Å². The summed E-state index contributed by atoms with van der Waals surface area (Å²) in [5, 5.41) is 11.6. The molecule has 0 saturated carbocycles. The number of nitro groups is 1. The molecule has 0 aliphatic carbocycles. The van der Waals surface area contributed by atoms with Gasteiger partial charge in [-0.15, -0.1) is 0 Å². The lowest BCUT2D eigenvalue weighted by molar-refractivity contribution is -0.384. The number of nitro benzene ring substituents is 1. The van der Waals surface area contributed by atoms with E-state index in [-0.39, 0.29) is 16.8 Å². The molecule has 5 rings (SSSR count). The topological polar surface area (TPSA) is 113 Å². The third kappa shape index (κ3) is 6.75. The first-order valence-corrected chi connectivity index (χ1v) is 16.1. The monoisotopic (exact) mass is 821 g/mol. The van der Waals surface area contributed by atoms with E-state index in [0.717, 1.165) is 24.0 Å². The van der Waals surface area contributed by atoms with Crippen molar-refractivity contribution < 1.29 is 19.2 Å². The summed E-state index contributed by atoms with van der Waals surface area (Å²) >= 11 is 5.64. The maximum Gasteiger partial charge on any atom is 0.338 e. The number of esters is 1. The second-order valence-electron chi connectivity index (χ2n) is 9.98. The number of ether oxygens (including phenoxy) is 2. The summed E-state index contributed by atoms with van der Waals surface area (Å²) in [5.74, 6) is 0.135. The number of benzene rings is 3. The molecular weight excluding hydrogens is 796 g/mol. The minimum Gasteiger partial charge on any atom is -0.487 e. The van der Waals surface area contributed by atoms with Gasteiger partial charge in [-0.2, -0.15) is 0 Å². The summed E-state index contributed by atoms with van der Waals surface area (Å²) < 4.78 is 15.2. The minimum absolute atomic E-state index is 0.149. The van der Waals surface area contributed by atoms with Crippen LogP contribution in [0.5, 0.6) is 5.75 Å². The summed E-state index contributed by atoms with van der Waals surface area (Å²) in [5.41, 5.74) is 2.31. The highest BCUT2D eigenvalue weighted by Crippen LogP contribution is 2.33. The molecule has 1 aromatic heterocycles. The van der Waals surface area contributed by atoms with Crippen molar-refractivity contribution in [3.05, 3.63) is 132 Å². The molecule has 0 saturated heterocycles. The number of nitrogens with zero attached hydrogens (tertiary/aromatic N) is 3. The van der Waals surface area contributed by atoms with Crippen LogP contribution in [0.1, 0.15) is 43.5 Å². The molecule has 0 amide bonds. The number of fused-ring (bicyclic) bond motifs is 1. The van der Waals surface area contributed by atoms with Crippen molar-refractivity contribution in [1.29, 1.82) is 0 Å². The number of non-ortho nitro benzene ring substituents is 1. The molecule has 0 N–H and O–H groups in total. The Kier molecular flexibility index (Phi) is 9.46. The molecule has 12 heteroatoms. The van der Waals surface area contributed by atoms with Gasteiger partial charge in [-0.3, -0.25) is 19.5 Å². The Hall–Kier alpha value is -3.37. The zero-order valence-electron chi connectivity index (χ0n) is 23.2. The molecule has 0 spiro atoms. The maximum absolute atomic E-state index is 14.0. The highest BCUT2D eigenvalue weighted by atomic mass is 127. The minimum atomic E-state index is -0.946. The lowest BCUT2D eigenvalue weighted by atomic mass is 9.95. The van der Waals surface area contributed by atoms with E-state index in [1.165, 1.54) is 34.1 Å².